The second-order valence-corrected chi connectivity index (χ2v) is 4.37. The second kappa shape index (κ2) is 2.48. The lowest BCUT2D eigenvalue weighted by atomic mass is 10.1. The molecule has 2 unspecified atom stereocenters. The van der Waals surface area contributed by atoms with Gasteiger partial charge in [-0.15, -0.1) is 0 Å². The lowest BCUT2D eigenvalue weighted by Gasteiger charge is -2.07. The number of nitrogens with zero attached hydrogens (tertiary/aromatic N) is 1. The summed E-state index contributed by atoms with van der Waals surface area (Å²) in [7, 11) is 0. The van der Waals surface area contributed by atoms with Gasteiger partial charge in [-0.25, -0.2) is 4.39 Å². The zero-order valence-corrected chi connectivity index (χ0v) is 8.64. The topological polar surface area (TPSA) is 33.0 Å². The van der Waals surface area contributed by atoms with Crippen LogP contribution in [0.4, 0.5) is 4.39 Å². The van der Waals surface area contributed by atoms with Crippen molar-refractivity contribution in [3.05, 3.63) is 27.5 Å². The summed E-state index contributed by atoms with van der Waals surface area (Å²) in [5, 5.41) is 8.79. The molecule has 2 atom stereocenters. The van der Waals surface area contributed by atoms with Crippen molar-refractivity contribution in [2.75, 3.05) is 0 Å². The van der Waals surface area contributed by atoms with E-state index in [1.54, 1.807) is 6.07 Å². The fraction of sp³-hybridized carbons (Fsp3) is 0.300. The van der Waals surface area contributed by atoms with Gasteiger partial charge >= 0.3 is 0 Å². The van der Waals surface area contributed by atoms with Gasteiger partial charge in [-0.1, -0.05) is 0 Å². The van der Waals surface area contributed by atoms with Crippen LogP contribution < -0.4 is 4.74 Å². The highest BCUT2D eigenvalue weighted by molar-refractivity contribution is 9.10. The number of fused-ring (bicyclic) bond motifs is 3. The average molecular weight is 254 g/mol. The van der Waals surface area contributed by atoms with Crippen LogP contribution in [-0.4, -0.2) is 6.10 Å². The third-order valence-corrected chi connectivity index (χ3v) is 3.49. The number of ether oxygens (including phenoxy) is 1. The van der Waals surface area contributed by atoms with Gasteiger partial charge < -0.3 is 4.74 Å². The molecule has 0 saturated heterocycles. The number of rotatable bonds is 0. The lowest BCUT2D eigenvalue weighted by molar-refractivity contribution is 0.302. The Kier molecular flexibility index (Phi) is 1.46. The molecule has 0 bridgehead atoms. The van der Waals surface area contributed by atoms with Crippen molar-refractivity contribution in [2.45, 2.75) is 18.4 Å². The van der Waals surface area contributed by atoms with Crippen LogP contribution in [0.2, 0.25) is 0 Å². The maximum absolute atomic E-state index is 13.6. The minimum Gasteiger partial charge on any atom is -0.486 e. The summed E-state index contributed by atoms with van der Waals surface area (Å²) in [6.45, 7) is 0. The molecule has 1 aromatic rings. The summed E-state index contributed by atoms with van der Waals surface area (Å²) in [5.41, 5.74) is 1.20. The summed E-state index contributed by atoms with van der Waals surface area (Å²) in [6.07, 6.45) is 1.11. The molecule has 1 fully saturated rings. The Morgan fingerprint density at radius 3 is 3.14 bits per heavy atom. The van der Waals surface area contributed by atoms with Crippen LogP contribution in [0.15, 0.2) is 10.5 Å². The van der Waals surface area contributed by atoms with E-state index in [2.05, 4.69) is 15.9 Å². The number of benzene rings is 1. The van der Waals surface area contributed by atoms with Gasteiger partial charge in [-0.3, -0.25) is 0 Å². The SMILES string of the molecule is N#Cc1cc2c(c(F)c1Br)OC1CC21. The van der Waals surface area contributed by atoms with Crippen LogP contribution in [0, 0.1) is 17.1 Å². The Labute approximate surface area is 88.4 Å². The molecular formula is C10H5BrFNO. The predicted octanol–water partition coefficient (Wildman–Crippen LogP) is 2.71. The minimum atomic E-state index is -0.439. The molecule has 4 heteroatoms. The Balaban J connectivity index is 2.28. The maximum atomic E-state index is 13.6. The predicted molar refractivity (Wildman–Crippen MR) is 50.6 cm³/mol. The molecule has 0 amide bonds. The zero-order chi connectivity index (χ0) is 9.87. The van der Waals surface area contributed by atoms with Crippen LogP contribution in [0.5, 0.6) is 5.75 Å². The quantitative estimate of drug-likeness (QED) is 0.713. The Bertz CT molecular complexity index is 480. The smallest absolute Gasteiger partial charge is 0.180 e. The number of hydrogen-bond donors (Lipinski definition) is 0. The van der Waals surface area contributed by atoms with E-state index in [1.807, 2.05) is 6.07 Å². The first-order chi connectivity index (χ1) is 6.72. The minimum absolute atomic E-state index is 0.153. The molecule has 1 saturated carbocycles. The molecule has 70 valence electrons. The van der Waals surface area contributed by atoms with E-state index in [0.717, 1.165) is 12.0 Å². The highest BCUT2D eigenvalue weighted by Crippen LogP contribution is 2.55. The average Bonchev–Trinajstić information content (AvgIpc) is 2.87. The van der Waals surface area contributed by atoms with Crippen LogP contribution >= 0.6 is 15.9 Å². The molecule has 1 heterocycles. The van der Waals surface area contributed by atoms with E-state index in [0.29, 0.717) is 17.2 Å². The summed E-state index contributed by atoms with van der Waals surface area (Å²) < 4.78 is 19.2. The van der Waals surface area contributed by atoms with Gasteiger partial charge in [0.1, 0.15) is 12.2 Å². The fourth-order valence-corrected chi connectivity index (χ4v) is 2.27. The molecule has 2 aliphatic rings. The van der Waals surface area contributed by atoms with E-state index in [-0.39, 0.29) is 10.6 Å². The monoisotopic (exact) mass is 253 g/mol. The summed E-state index contributed by atoms with van der Waals surface area (Å²) in [4.78, 5) is 0. The largest absolute Gasteiger partial charge is 0.486 e. The molecule has 1 aromatic carbocycles. The van der Waals surface area contributed by atoms with Gasteiger partial charge in [-0.05, 0) is 28.4 Å². The third kappa shape index (κ3) is 0.881. The van der Waals surface area contributed by atoms with Gasteiger partial charge in [-0.2, -0.15) is 5.26 Å². The van der Waals surface area contributed by atoms with E-state index >= 15 is 0 Å². The van der Waals surface area contributed by atoms with Crippen molar-refractivity contribution in [3.63, 3.8) is 0 Å². The summed E-state index contributed by atoms with van der Waals surface area (Å²) in [5.74, 6) is 0.211. The molecule has 0 N–H and O–H groups in total. The van der Waals surface area contributed by atoms with Crippen molar-refractivity contribution in [2.24, 2.45) is 0 Å². The molecule has 0 aromatic heterocycles. The van der Waals surface area contributed by atoms with Crippen molar-refractivity contribution in [1.82, 2.24) is 0 Å². The second-order valence-electron chi connectivity index (χ2n) is 3.58. The van der Waals surface area contributed by atoms with Gasteiger partial charge in [0.2, 0.25) is 0 Å². The van der Waals surface area contributed by atoms with Gasteiger partial charge in [0.05, 0.1) is 10.0 Å². The van der Waals surface area contributed by atoms with Crippen molar-refractivity contribution in [1.29, 1.82) is 5.26 Å². The van der Waals surface area contributed by atoms with Crippen LogP contribution in [0.1, 0.15) is 23.5 Å². The van der Waals surface area contributed by atoms with Crippen molar-refractivity contribution in [3.8, 4) is 11.8 Å². The third-order valence-electron chi connectivity index (χ3n) is 2.71. The van der Waals surface area contributed by atoms with Gasteiger partial charge in [0.25, 0.3) is 0 Å². The van der Waals surface area contributed by atoms with E-state index in [4.69, 9.17) is 10.00 Å². The highest BCUT2D eigenvalue weighted by Gasteiger charge is 2.49. The molecular weight excluding hydrogens is 249 g/mol. The van der Waals surface area contributed by atoms with E-state index < -0.39 is 5.82 Å². The Morgan fingerprint density at radius 1 is 1.64 bits per heavy atom. The molecule has 1 aliphatic carbocycles. The highest BCUT2D eigenvalue weighted by atomic mass is 79.9. The summed E-state index contributed by atoms with van der Waals surface area (Å²) in [6, 6.07) is 3.68. The first kappa shape index (κ1) is 8.25. The van der Waals surface area contributed by atoms with E-state index in [9.17, 15) is 4.39 Å². The van der Waals surface area contributed by atoms with Crippen molar-refractivity contribution < 1.29 is 9.13 Å². The normalized spacial score (nSPS) is 26.1. The maximum Gasteiger partial charge on any atom is 0.180 e. The van der Waals surface area contributed by atoms with Crippen LogP contribution in [0.25, 0.3) is 0 Å². The zero-order valence-electron chi connectivity index (χ0n) is 7.05. The van der Waals surface area contributed by atoms with E-state index in [1.165, 1.54) is 0 Å². The lowest BCUT2D eigenvalue weighted by Crippen LogP contribution is -1.96. The molecule has 0 spiro atoms. The Hall–Kier alpha value is -1.08. The Morgan fingerprint density at radius 2 is 2.43 bits per heavy atom. The fourth-order valence-electron chi connectivity index (χ4n) is 1.89. The van der Waals surface area contributed by atoms with Gasteiger partial charge in [0.15, 0.2) is 11.6 Å². The summed E-state index contributed by atoms with van der Waals surface area (Å²) >= 11 is 3.05. The standard InChI is InChI=1S/C10H5BrFNO/c11-8-4(3-13)1-6-5-2-7(5)14-10(6)9(8)12/h1,5,7H,2H2. The van der Waals surface area contributed by atoms with Crippen molar-refractivity contribution >= 4 is 15.9 Å². The van der Waals surface area contributed by atoms with Crippen LogP contribution in [0.3, 0.4) is 0 Å². The number of hydrogen-bond acceptors (Lipinski definition) is 2. The number of halogens is 2. The molecule has 3 rings (SSSR count). The molecule has 14 heavy (non-hydrogen) atoms. The number of nitriles is 1. The molecule has 1 aliphatic heterocycles. The van der Waals surface area contributed by atoms with Crippen LogP contribution in [-0.2, 0) is 0 Å². The van der Waals surface area contributed by atoms with Gasteiger partial charge in [0, 0.05) is 11.5 Å². The first-order valence-corrected chi connectivity index (χ1v) is 5.10. The first-order valence-electron chi connectivity index (χ1n) is 4.31. The molecule has 0 radical (unpaired) electrons. The molecule has 2 nitrogen and oxygen atoms in total.